The summed E-state index contributed by atoms with van der Waals surface area (Å²) in [5.41, 5.74) is 28.3. The van der Waals surface area contributed by atoms with Gasteiger partial charge in [0, 0.05) is 53.3 Å². The minimum absolute atomic E-state index is 0.00413. The molecular formula is C57H78N14O11S2. The fraction of sp³-hybridized carbons (Fsp3) is 0.509. The van der Waals surface area contributed by atoms with Gasteiger partial charge in [0.2, 0.25) is 59.1 Å². The van der Waals surface area contributed by atoms with Crippen molar-refractivity contribution in [2.24, 2.45) is 28.2 Å². The number of hydrogen-bond donors (Lipinski definition) is 11. The molecule has 0 saturated carbocycles. The number of amides is 10. The molecule has 0 bridgehead atoms. The van der Waals surface area contributed by atoms with E-state index < -0.39 is 124 Å². The van der Waals surface area contributed by atoms with Gasteiger partial charge in [0.25, 0.3) is 0 Å². The number of nitrogens with one attached hydrogen (secondary N) is 7. The van der Waals surface area contributed by atoms with Crippen molar-refractivity contribution in [1.29, 1.82) is 0 Å². The molecule has 2 aliphatic rings. The number of benzene rings is 3. The first-order valence-corrected chi connectivity index (χ1v) is 30.4. The van der Waals surface area contributed by atoms with Crippen LogP contribution in [0.4, 0.5) is 5.69 Å². The van der Waals surface area contributed by atoms with Crippen LogP contribution in [0, 0.1) is 5.92 Å². The Bertz CT molecular complexity index is 2840. The molecule has 2 heterocycles. The summed E-state index contributed by atoms with van der Waals surface area (Å²) in [6.45, 7) is 7.33. The molecule has 0 aromatic heterocycles. The molecule has 5 rings (SSSR count). The lowest BCUT2D eigenvalue weighted by atomic mass is 9.96. The van der Waals surface area contributed by atoms with Crippen LogP contribution in [0.25, 0.3) is 10.4 Å². The number of azide groups is 1. The van der Waals surface area contributed by atoms with Crippen LogP contribution < -0.4 is 54.4 Å². The van der Waals surface area contributed by atoms with Crippen molar-refractivity contribution in [3.05, 3.63) is 106 Å². The number of likely N-dealkylation sites (tertiary alicyclic amines) is 1. The average molecular weight is 1200 g/mol. The van der Waals surface area contributed by atoms with Gasteiger partial charge in [-0.25, -0.2) is 0 Å². The molecule has 2 saturated heterocycles. The lowest BCUT2D eigenvalue weighted by Gasteiger charge is -2.33. The second kappa shape index (κ2) is 32.8. The van der Waals surface area contributed by atoms with Gasteiger partial charge in [-0.3, -0.25) is 47.9 Å². The maximum Gasteiger partial charge on any atom is 0.246 e. The summed E-state index contributed by atoms with van der Waals surface area (Å²) >= 11 is 0. The van der Waals surface area contributed by atoms with Crippen LogP contribution in [0.5, 0.6) is 5.75 Å². The summed E-state index contributed by atoms with van der Waals surface area (Å²) in [6.07, 6.45) is 1.31. The Morgan fingerprint density at radius 1 is 0.774 bits per heavy atom. The van der Waals surface area contributed by atoms with Crippen molar-refractivity contribution in [2.45, 2.75) is 158 Å². The molecule has 27 heteroatoms. The van der Waals surface area contributed by atoms with E-state index in [9.17, 15) is 48.3 Å². The Labute approximate surface area is 496 Å². The van der Waals surface area contributed by atoms with Crippen LogP contribution in [0.2, 0.25) is 0 Å². The van der Waals surface area contributed by atoms with Gasteiger partial charge >= 0.3 is 0 Å². The summed E-state index contributed by atoms with van der Waals surface area (Å²) in [6, 6.07) is 10.5. The molecule has 2 fully saturated rings. The van der Waals surface area contributed by atoms with Crippen molar-refractivity contribution < 1.29 is 53.1 Å². The number of aromatic hydroxyl groups is 1. The Morgan fingerprint density at radius 2 is 1.38 bits per heavy atom. The maximum absolute atomic E-state index is 15.1. The molecule has 2 aliphatic heterocycles. The molecule has 3 aromatic carbocycles. The summed E-state index contributed by atoms with van der Waals surface area (Å²) in [5.74, 6) is -8.75. The Kier molecular flexibility index (Phi) is 26.2. The third-order valence-corrected chi connectivity index (χ3v) is 18.2. The summed E-state index contributed by atoms with van der Waals surface area (Å²) < 4.78 is -0.845. The number of nitrogens with two attached hydrogens (primary N) is 3. The zero-order valence-corrected chi connectivity index (χ0v) is 49.3. The average Bonchev–Trinajstić information content (AvgIpc) is 3.74. The molecule has 1 unspecified atom stereocenters. The van der Waals surface area contributed by atoms with Crippen LogP contribution in [-0.2, 0) is 67.2 Å². The predicted octanol–water partition coefficient (Wildman–Crippen LogP) is 2.24. The molecule has 0 spiro atoms. The highest BCUT2D eigenvalue weighted by Gasteiger charge is 2.42. The highest BCUT2D eigenvalue weighted by atomic mass is 33.1. The van der Waals surface area contributed by atoms with E-state index in [-0.39, 0.29) is 63.1 Å². The Balaban J connectivity index is 1.50. The van der Waals surface area contributed by atoms with Crippen LogP contribution >= 0.6 is 21.6 Å². The third kappa shape index (κ3) is 20.2. The van der Waals surface area contributed by atoms with Gasteiger partial charge in [0.15, 0.2) is 0 Å². The predicted molar refractivity (Wildman–Crippen MR) is 318 cm³/mol. The molecular weight excluding hydrogens is 1120 g/mol. The van der Waals surface area contributed by atoms with E-state index in [4.69, 9.17) is 22.7 Å². The van der Waals surface area contributed by atoms with Crippen LogP contribution in [0.1, 0.15) is 102 Å². The largest absolute Gasteiger partial charge is 0.508 e. The van der Waals surface area contributed by atoms with Gasteiger partial charge in [0.1, 0.15) is 54.1 Å². The summed E-state index contributed by atoms with van der Waals surface area (Å²) in [5, 5.41) is 32.5. The second-order valence-electron chi connectivity index (χ2n) is 21.3. The van der Waals surface area contributed by atoms with Crippen LogP contribution in [-0.4, -0.2) is 141 Å². The molecule has 0 radical (unpaired) electrons. The second-order valence-corrected chi connectivity index (χ2v) is 24.1. The molecule has 10 amide bonds. The SMILES string of the molecule is CCC1(CC)CC(=O)NC(Cc2ccc(N=[N+]=[N-])cc2)C(=O)N[C@@H](Cc2ccccc2)C(=O)N[C@@H](C(C)C)C(=O)N[C@@H](CC(N)=O)C(=O)N[C@H](C(=O)N2CCC[C@H]2C(=O)N[C@@H](CCCCN)C(=O)N[C@H](Cc2ccc(O)cc2)C(N)=O)CSS1. The van der Waals surface area contributed by atoms with Crippen molar-refractivity contribution in [3.8, 4) is 5.75 Å². The fourth-order valence-electron chi connectivity index (χ4n) is 9.74. The molecule has 84 heavy (non-hydrogen) atoms. The first kappa shape index (κ1) is 66.9. The number of phenols is 1. The minimum Gasteiger partial charge on any atom is -0.508 e. The first-order chi connectivity index (χ1) is 40.1. The molecule has 454 valence electrons. The van der Waals surface area contributed by atoms with Gasteiger partial charge < -0.3 is 64.4 Å². The van der Waals surface area contributed by atoms with E-state index in [0.717, 1.165) is 10.8 Å². The van der Waals surface area contributed by atoms with E-state index in [1.54, 1.807) is 80.6 Å². The molecule has 8 atom stereocenters. The fourth-order valence-corrected chi connectivity index (χ4v) is 13.1. The van der Waals surface area contributed by atoms with Crippen molar-refractivity contribution >= 4 is 86.3 Å². The Morgan fingerprint density at radius 3 is 1.99 bits per heavy atom. The van der Waals surface area contributed by atoms with E-state index >= 15 is 4.79 Å². The van der Waals surface area contributed by atoms with E-state index in [1.165, 1.54) is 27.8 Å². The minimum atomic E-state index is -1.69. The number of unbranched alkanes of at least 4 members (excludes halogenated alkanes) is 1. The zero-order chi connectivity index (χ0) is 61.5. The van der Waals surface area contributed by atoms with Gasteiger partial charge in [-0.15, -0.1) is 0 Å². The number of hydrogen-bond acceptors (Lipinski definition) is 15. The van der Waals surface area contributed by atoms with Gasteiger partial charge in [-0.1, -0.05) is 121 Å². The highest BCUT2D eigenvalue weighted by Crippen LogP contribution is 2.44. The number of carbonyl (C=O) groups is 10. The first-order valence-electron chi connectivity index (χ1n) is 28.1. The van der Waals surface area contributed by atoms with Gasteiger partial charge in [-0.05, 0) is 91.8 Å². The van der Waals surface area contributed by atoms with Crippen LogP contribution in [0.15, 0.2) is 84.0 Å². The van der Waals surface area contributed by atoms with Crippen molar-refractivity contribution in [1.82, 2.24) is 42.1 Å². The zero-order valence-electron chi connectivity index (χ0n) is 47.7. The topological polar surface area (TPSA) is 405 Å². The number of rotatable bonds is 22. The monoisotopic (exact) mass is 1200 g/mol. The summed E-state index contributed by atoms with van der Waals surface area (Å²) in [4.78, 5) is 145. The highest BCUT2D eigenvalue weighted by molar-refractivity contribution is 8.77. The lowest BCUT2D eigenvalue weighted by Crippen LogP contribution is -2.61. The van der Waals surface area contributed by atoms with Gasteiger partial charge in [0.05, 0.1) is 6.42 Å². The number of carbonyl (C=O) groups excluding carboxylic acids is 10. The number of nitrogens with zero attached hydrogens (tertiary/aromatic N) is 4. The smallest absolute Gasteiger partial charge is 0.246 e. The number of phenolic OH excluding ortho intramolecular Hbond substituents is 1. The normalized spacial score (nSPS) is 21.6. The van der Waals surface area contributed by atoms with E-state index in [0.29, 0.717) is 54.5 Å². The number of primary amides is 2. The molecule has 3 aromatic rings. The van der Waals surface area contributed by atoms with E-state index in [2.05, 4.69) is 47.2 Å². The van der Waals surface area contributed by atoms with Crippen LogP contribution in [0.3, 0.4) is 0 Å². The Hall–Kier alpha value is -7.87. The summed E-state index contributed by atoms with van der Waals surface area (Å²) in [7, 11) is 2.43. The lowest BCUT2D eigenvalue weighted by molar-refractivity contribution is -0.142. The van der Waals surface area contributed by atoms with E-state index in [1.807, 2.05) is 13.8 Å². The van der Waals surface area contributed by atoms with Gasteiger partial charge in [-0.2, -0.15) is 0 Å². The van der Waals surface area contributed by atoms with Crippen molar-refractivity contribution in [3.63, 3.8) is 0 Å². The third-order valence-electron chi connectivity index (χ3n) is 14.7. The quantitative estimate of drug-likeness (QED) is 0.0226. The standard InChI is InChI=1S/C57H78N14O11S2/c1-5-57(6-2)31-47(74)62-41(29-35-17-21-37(22-18-35)69-70-61)51(77)65-42(28-34-13-8-7-9-14-34)53(79)68-48(33(3)4)55(81)66-43(30-46(59)73)52(78)67-44(32-83-84-57)56(82)71-26-12-16-45(71)54(80)63-39(15-10-11-25-58)50(76)64-40(49(60)75)27-36-19-23-38(72)24-20-36/h7-9,13-14,17-24,33,39-45,48,72H,5-6,10-12,15-16,25-32,58H2,1-4H3,(H2,59,73)(H2,60,75)(H,62,74)(H,63,80)(H,64,76)(H,65,77)(H,66,81)(H,67,78)(H,68,79)/t39-,40+,41?,42-,43-,44-,45-,48-/m0/s1. The molecule has 0 aliphatic carbocycles. The van der Waals surface area contributed by atoms with Crippen molar-refractivity contribution in [2.75, 3.05) is 18.8 Å². The molecule has 25 nitrogen and oxygen atoms in total. The maximum atomic E-state index is 15.1. The molecule has 14 N–H and O–H groups in total.